The van der Waals surface area contributed by atoms with Gasteiger partial charge in [-0.25, -0.2) is 9.18 Å². The molecule has 0 saturated carbocycles. The predicted octanol–water partition coefficient (Wildman–Crippen LogP) is 3.65. The SMILES string of the molecule is O=C(NCCc1cc(F)cc2c1OCOC2)N1CCCC1Cc1ccccc1. The van der Waals surface area contributed by atoms with Crippen LogP contribution in [0.25, 0.3) is 0 Å². The fraction of sp³-hybridized carbons (Fsp3) is 0.409. The number of carbonyl (C=O) groups is 1. The molecule has 2 aliphatic heterocycles. The lowest BCUT2D eigenvalue weighted by molar-refractivity contribution is -0.0172. The molecule has 0 aliphatic carbocycles. The van der Waals surface area contributed by atoms with E-state index in [1.165, 1.54) is 17.7 Å². The highest BCUT2D eigenvalue weighted by molar-refractivity contribution is 5.75. The molecule has 148 valence electrons. The van der Waals surface area contributed by atoms with E-state index in [1.807, 2.05) is 23.1 Å². The number of urea groups is 1. The summed E-state index contributed by atoms with van der Waals surface area (Å²) in [4.78, 5) is 14.6. The van der Waals surface area contributed by atoms with E-state index in [0.29, 0.717) is 25.3 Å². The van der Waals surface area contributed by atoms with Gasteiger partial charge in [-0.2, -0.15) is 0 Å². The molecule has 0 bridgehead atoms. The summed E-state index contributed by atoms with van der Waals surface area (Å²) in [5, 5.41) is 2.99. The van der Waals surface area contributed by atoms with Crippen LogP contribution in [0.15, 0.2) is 42.5 Å². The van der Waals surface area contributed by atoms with Crippen molar-refractivity contribution in [1.82, 2.24) is 10.2 Å². The lowest BCUT2D eigenvalue weighted by Gasteiger charge is -2.25. The van der Waals surface area contributed by atoms with Crippen LogP contribution in [0.4, 0.5) is 9.18 Å². The van der Waals surface area contributed by atoms with Crippen LogP contribution in [0.2, 0.25) is 0 Å². The fourth-order valence-corrected chi connectivity index (χ4v) is 4.05. The first-order chi connectivity index (χ1) is 13.7. The average molecular weight is 384 g/mol. The van der Waals surface area contributed by atoms with Gasteiger partial charge in [-0.05, 0) is 48.9 Å². The smallest absolute Gasteiger partial charge is 0.317 e. The summed E-state index contributed by atoms with van der Waals surface area (Å²) in [6.07, 6.45) is 3.44. The quantitative estimate of drug-likeness (QED) is 0.856. The van der Waals surface area contributed by atoms with Crippen molar-refractivity contribution in [3.05, 3.63) is 65.0 Å². The normalized spacial score (nSPS) is 18.5. The molecule has 1 saturated heterocycles. The monoisotopic (exact) mass is 384 g/mol. The third-order valence-electron chi connectivity index (χ3n) is 5.37. The molecular weight excluding hydrogens is 359 g/mol. The number of carbonyl (C=O) groups excluding carboxylic acids is 1. The van der Waals surface area contributed by atoms with E-state index in [-0.39, 0.29) is 24.7 Å². The van der Waals surface area contributed by atoms with E-state index in [0.717, 1.165) is 36.9 Å². The Morgan fingerprint density at radius 3 is 2.96 bits per heavy atom. The zero-order chi connectivity index (χ0) is 19.3. The van der Waals surface area contributed by atoms with Gasteiger partial charge >= 0.3 is 6.03 Å². The first kappa shape index (κ1) is 18.7. The lowest BCUT2D eigenvalue weighted by atomic mass is 10.0. The minimum atomic E-state index is -0.309. The van der Waals surface area contributed by atoms with Gasteiger partial charge in [-0.1, -0.05) is 30.3 Å². The second-order valence-electron chi connectivity index (χ2n) is 7.32. The number of hydrogen-bond acceptors (Lipinski definition) is 3. The maximum Gasteiger partial charge on any atom is 0.317 e. The van der Waals surface area contributed by atoms with Gasteiger partial charge in [0.1, 0.15) is 11.6 Å². The molecule has 4 rings (SSSR count). The minimum absolute atomic E-state index is 0.0482. The molecule has 2 aliphatic rings. The van der Waals surface area contributed by atoms with Gasteiger partial charge < -0.3 is 19.7 Å². The summed E-state index contributed by atoms with van der Waals surface area (Å²) in [5.41, 5.74) is 2.73. The Bertz CT molecular complexity index is 828. The van der Waals surface area contributed by atoms with Crippen LogP contribution >= 0.6 is 0 Å². The number of hydrogen-bond donors (Lipinski definition) is 1. The Kier molecular flexibility index (Phi) is 5.76. The molecule has 1 unspecified atom stereocenters. The van der Waals surface area contributed by atoms with Crippen molar-refractivity contribution < 1.29 is 18.7 Å². The number of ether oxygens (including phenoxy) is 2. The average Bonchev–Trinajstić information content (AvgIpc) is 3.16. The van der Waals surface area contributed by atoms with Crippen LogP contribution in [0.1, 0.15) is 29.5 Å². The van der Waals surface area contributed by atoms with Crippen LogP contribution in [-0.4, -0.2) is 36.9 Å². The van der Waals surface area contributed by atoms with Crippen molar-refractivity contribution in [2.75, 3.05) is 19.9 Å². The molecule has 1 N–H and O–H groups in total. The number of fused-ring (bicyclic) bond motifs is 1. The molecule has 0 radical (unpaired) electrons. The van der Waals surface area contributed by atoms with Gasteiger partial charge in [0.2, 0.25) is 0 Å². The Labute approximate surface area is 164 Å². The second-order valence-corrected chi connectivity index (χ2v) is 7.32. The third kappa shape index (κ3) is 4.28. The van der Waals surface area contributed by atoms with Crippen molar-refractivity contribution in [3.63, 3.8) is 0 Å². The van der Waals surface area contributed by atoms with Crippen LogP contribution in [0.5, 0.6) is 5.75 Å². The highest BCUT2D eigenvalue weighted by Gasteiger charge is 2.28. The molecule has 2 amide bonds. The van der Waals surface area contributed by atoms with Crippen molar-refractivity contribution in [1.29, 1.82) is 0 Å². The molecule has 0 aromatic heterocycles. The standard InChI is InChI=1S/C22H25FN2O3/c23-19-12-17(21-18(13-19)14-27-15-28-21)8-9-24-22(26)25-10-4-7-20(25)11-16-5-2-1-3-6-16/h1-3,5-6,12-13,20H,4,7-11,14-15H2,(H,24,26). The molecule has 1 atom stereocenters. The number of amides is 2. The summed E-state index contributed by atoms with van der Waals surface area (Å²) in [5.74, 6) is 0.377. The van der Waals surface area contributed by atoms with E-state index in [9.17, 15) is 9.18 Å². The molecule has 6 heteroatoms. The fourth-order valence-electron chi connectivity index (χ4n) is 4.05. The van der Waals surface area contributed by atoms with Crippen LogP contribution < -0.4 is 10.1 Å². The molecular formula is C22H25FN2O3. The lowest BCUT2D eigenvalue weighted by Crippen LogP contribution is -2.44. The summed E-state index contributed by atoms with van der Waals surface area (Å²) in [6, 6.07) is 13.4. The van der Waals surface area contributed by atoms with E-state index < -0.39 is 0 Å². The molecule has 2 aromatic rings. The molecule has 5 nitrogen and oxygen atoms in total. The number of benzene rings is 2. The highest BCUT2D eigenvalue weighted by Crippen LogP contribution is 2.29. The van der Waals surface area contributed by atoms with Gasteiger partial charge in [-0.3, -0.25) is 0 Å². The number of rotatable bonds is 5. The molecule has 0 spiro atoms. The van der Waals surface area contributed by atoms with Crippen LogP contribution in [-0.2, 0) is 24.2 Å². The second kappa shape index (κ2) is 8.61. The molecule has 1 fully saturated rings. The summed E-state index contributed by atoms with van der Waals surface area (Å²) >= 11 is 0. The Morgan fingerprint density at radius 1 is 1.25 bits per heavy atom. The van der Waals surface area contributed by atoms with Gasteiger partial charge in [0.25, 0.3) is 0 Å². The third-order valence-corrected chi connectivity index (χ3v) is 5.37. The summed E-state index contributed by atoms with van der Waals surface area (Å²) in [7, 11) is 0. The maximum atomic E-state index is 13.8. The highest BCUT2D eigenvalue weighted by atomic mass is 19.1. The van der Waals surface area contributed by atoms with Crippen molar-refractivity contribution in [2.24, 2.45) is 0 Å². The van der Waals surface area contributed by atoms with Crippen LogP contribution in [0, 0.1) is 5.82 Å². The summed E-state index contributed by atoms with van der Waals surface area (Å²) in [6.45, 7) is 1.74. The Hall–Kier alpha value is -2.60. The predicted molar refractivity (Wildman–Crippen MR) is 104 cm³/mol. The maximum absolute atomic E-state index is 13.8. The number of nitrogens with zero attached hydrogens (tertiary/aromatic N) is 1. The largest absolute Gasteiger partial charge is 0.467 e. The molecule has 2 aromatic carbocycles. The Morgan fingerprint density at radius 2 is 2.11 bits per heavy atom. The zero-order valence-corrected chi connectivity index (χ0v) is 15.8. The molecule has 2 heterocycles. The number of nitrogens with one attached hydrogen (secondary N) is 1. The van der Waals surface area contributed by atoms with E-state index >= 15 is 0 Å². The van der Waals surface area contributed by atoms with E-state index in [2.05, 4.69) is 17.4 Å². The van der Waals surface area contributed by atoms with Gasteiger partial charge in [-0.15, -0.1) is 0 Å². The zero-order valence-electron chi connectivity index (χ0n) is 15.8. The van der Waals surface area contributed by atoms with Crippen molar-refractivity contribution in [3.8, 4) is 5.75 Å². The van der Waals surface area contributed by atoms with Gasteiger partial charge in [0, 0.05) is 24.7 Å². The Balaban J connectivity index is 1.34. The first-order valence-electron chi connectivity index (χ1n) is 9.81. The van der Waals surface area contributed by atoms with Gasteiger partial charge in [0.15, 0.2) is 6.79 Å². The van der Waals surface area contributed by atoms with E-state index in [4.69, 9.17) is 9.47 Å². The van der Waals surface area contributed by atoms with Crippen LogP contribution in [0.3, 0.4) is 0 Å². The molecule has 28 heavy (non-hydrogen) atoms. The number of likely N-dealkylation sites (tertiary alicyclic amines) is 1. The summed E-state index contributed by atoms with van der Waals surface area (Å²) < 4.78 is 24.6. The first-order valence-corrected chi connectivity index (χ1v) is 9.81. The van der Waals surface area contributed by atoms with E-state index in [1.54, 1.807) is 0 Å². The topological polar surface area (TPSA) is 50.8 Å². The van der Waals surface area contributed by atoms with Crippen molar-refractivity contribution in [2.45, 2.75) is 38.3 Å². The van der Waals surface area contributed by atoms with Gasteiger partial charge in [0.05, 0.1) is 6.61 Å². The van der Waals surface area contributed by atoms with Crippen molar-refractivity contribution >= 4 is 6.03 Å². The minimum Gasteiger partial charge on any atom is -0.467 e. The number of halogens is 1.